The van der Waals surface area contributed by atoms with Crippen LogP contribution in [0.1, 0.15) is 6.92 Å². The van der Waals surface area contributed by atoms with E-state index in [1.807, 2.05) is 5.43 Å². The van der Waals surface area contributed by atoms with Crippen molar-refractivity contribution in [3.8, 4) is 0 Å². The predicted molar refractivity (Wildman–Crippen MR) is 27.6 cm³/mol. The van der Waals surface area contributed by atoms with Crippen molar-refractivity contribution in [2.24, 2.45) is 5.84 Å². The second-order valence-corrected chi connectivity index (χ2v) is 1.78. The van der Waals surface area contributed by atoms with E-state index in [1.165, 1.54) is 0 Å². The molecule has 0 heterocycles. The minimum absolute atomic E-state index is 0.360. The van der Waals surface area contributed by atoms with Crippen LogP contribution in [-0.2, 0) is 4.79 Å². The molecule has 0 aliphatic rings. The zero-order valence-corrected chi connectivity index (χ0v) is 4.70. The first-order chi connectivity index (χ1) is 3.18. The molecular weight excluding hydrogens is 115 g/mol. The molecule has 0 aromatic rings. The molecule has 0 rings (SSSR count). The first-order valence-corrected chi connectivity index (χ1v) is 2.26. The second kappa shape index (κ2) is 2.82. The first kappa shape index (κ1) is 6.72. The zero-order chi connectivity index (χ0) is 5.86. The van der Waals surface area contributed by atoms with E-state index in [-0.39, 0.29) is 5.91 Å². The molecule has 42 valence electrons. The first-order valence-electron chi connectivity index (χ1n) is 1.83. The zero-order valence-electron chi connectivity index (χ0n) is 3.94. The average molecular weight is 123 g/mol. The van der Waals surface area contributed by atoms with Gasteiger partial charge in [-0.2, -0.15) is 0 Å². The molecule has 0 saturated heterocycles. The molecule has 3 N–H and O–H groups in total. The lowest BCUT2D eigenvalue weighted by Crippen LogP contribution is -2.35. The van der Waals surface area contributed by atoms with Gasteiger partial charge in [0.2, 0.25) is 0 Å². The number of nitrogens with one attached hydrogen (secondary N) is 1. The van der Waals surface area contributed by atoms with E-state index < -0.39 is 5.38 Å². The van der Waals surface area contributed by atoms with Crippen molar-refractivity contribution in [3.63, 3.8) is 0 Å². The van der Waals surface area contributed by atoms with Gasteiger partial charge in [-0.15, -0.1) is 11.6 Å². The number of rotatable bonds is 1. The van der Waals surface area contributed by atoms with Gasteiger partial charge in [-0.05, 0) is 6.92 Å². The third kappa shape index (κ3) is 2.42. The van der Waals surface area contributed by atoms with Gasteiger partial charge in [0.1, 0.15) is 5.38 Å². The highest BCUT2D eigenvalue weighted by Crippen LogP contribution is 1.89. The lowest BCUT2D eigenvalue weighted by atomic mass is 10.5. The molecule has 0 aromatic carbocycles. The Balaban J connectivity index is 3.35. The number of halogens is 1. The molecule has 0 unspecified atom stereocenters. The van der Waals surface area contributed by atoms with Gasteiger partial charge >= 0.3 is 0 Å². The van der Waals surface area contributed by atoms with Crippen molar-refractivity contribution >= 4 is 17.5 Å². The van der Waals surface area contributed by atoms with Crippen molar-refractivity contribution in [1.29, 1.82) is 0 Å². The van der Waals surface area contributed by atoms with Crippen molar-refractivity contribution in [2.75, 3.05) is 0 Å². The highest BCUT2D eigenvalue weighted by atomic mass is 35.5. The van der Waals surface area contributed by atoms with Gasteiger partial charge in [0.05, 0.1) is 0 Å². The lowest BCUT2D eigenvalue weighted by Gasteiger charge is -1.96. The second-order valence-electron chi connectivity index (χ2n) is 1.12. The van der Waals surface area contributed by atoms with Crippen LogP contribution in [0.4, 0.5) is 0 Å². The summed E-state index contributed by atoms with van der Waals surface area (Å²) in [5.41, 5.74) is 1.89. The van der Waals surface area contributed by atoms with Gasteiger partial charge in [-0.1, -0.05) is 0 Å². The largest absolute Gasteiger partial charge is 0.293 e. The minimum Gasteiger partial charge on any atom is -0.293 e. The number of nitrogens with two attached hydrogens (primary N) is 1. The normalized spacial score (nSPS) is 13.0. The van der Waals surface area contributed by atoms with E-state index >= 15 is 0 Å². The SMILES string of the molecule is C[C@H](Cl)C(=O)NN. The Hall–Kier alpha value is -0.280. The fourth-order valence-electron chi connectivity index (χ4n) is 0.115. The third-order valence-electron chi connectivity index (χ3n) is 0.504. The van der Waals surface area contributed by atoms with Crippen LogP contribution in [0.5, 0.6) is 0 Å². The van der Waals surface area contributed by atoms with Crippen LogP contribution in [0.25, 0.3) is 0 Å². The summed E-state index contributed by atoms with van der Waals surface area (Å²) in [6.07, 6.45) is 0. The van der Waals surface area contributed by atoms with Gasteiger partial charge < -0.3 is 0 Å². The number of carbonyl (C=O) groups excluding carboxylic acids is 1. The molecule has 0 aliphatic heterocycles. The van der Waals surface area contributed by atoms with Gasteiger partial charge in [0, 0.05) is 0 Å². The summed E-state index contributed by atoms with van der Waals surface area (Å²) in [5.74, 6) is 4.33. The van der Waals surface area contributed by atoms with Crippen LogP contribution in [-0.4, -0.2) is 11.3 Å². The monoisotopic (exact) mass is 122 g/mol. The van der Waals surface area contributed by atoms with Crippen molar-refractivity contribution in [2.45, 2.75) is 12.3 Å². The van der Waals surface area contributed by atoms with Crippen LogP contribution >= 0.6 is 11.6 Å². The number of hydrogen-bond acceptors (Lipinski definition) is 2. The molecule has 0 fully saturated rings. The summed E-state index contributed by atoms with van der Waals surface area (Å²) in [7, 11) is 0. The maximum Gasteiger partial charge on any atom is 0.251 e. The molecule has 4 heteroatoms. The fourth-order valence-corrected chi connectivity index (χ4v) is 0.178. The van der Waals surface area contributed by atoms with Gasteiger partial charge in [-0.3, -0.25) is 10.2 Å². The summed E-state index contributed by atoms with van der Waals surface area (Å²) in [6, 6.07) is 0. The topological polar surface area (TPSA) is 55.1 Å². The standard InChI is InChI=1S/C3H7ClN2O/c1-2(4)3(7)6-5/h2H,5H2,1H3,(H,6,7)/t2-/m0/s1. The van der Waals surface area contributed by atoms with Crippen LogP contribution in [0, 0.1) is 0 Å². The smallest absolute Gasteiger partial charge is 0.251 e. The Morgan fingerprint density at radius 3 is 2.43 bits per heavy atom. The Morgan fingerprint density at radius 2 is 2.43 bits per heavy atom. The Morgan fingerprint density at radius 1 is 2.00 bits per heavy atom. The summed E-state index contributed by atoms with van der Waals surface area (Å²) in [5, 5.41) is -0.537. The number of amides is 1. The number of carbonyl (C=O) groups is 1. The van der Waals surface area contributed by atoms with Gasteiger partial charge in [0.15, 0.2) is 0 Å². The third-order valence-corrected chi connectivity index (χ3v) is 0.702. The number of hydrogen-bond donors (Lipinski definition) is 2. The van der Waals surface area contributed by atoms with E-state index in [0.717, 1.165) is 0 Å². The molecule has 0 spiro atoms. The van der Waals surface area contributed by atoms with E-state index in [1.54, 1.807) is 6.92 Å². The molecule has 0 radical (unpaired) electrons. The van der Waals surface area contributed by atoms with Crippen molar-refractivity contribution in [1.82, 2.24) is 5.43 Å². The summed E-state index contributed by atoms with van der Waals surface area (Å²) < 4.78 is 0. The Kier molecular flexibility index (Phi) is 2.71. The quantitative estimate of drug-likeness (QED) is 0.215. The Labute approximate surface area is 46.8 Å². The van der Waals surface area contributed by atoms with Crippen molar-refractivity contribution in [3.05, 3.63) is 0 Å². The number of alkyl halides is 1. The molecular formula is C3H7ClN2O. The van der Waals surface area contributed by atoms with E-state index in [4.69, 9.17) is 11.6 Å². The molecule has 7 heavy (non-hydrogen) atoms. The van der Waals surface area contributed by atoms with Crippen LogP contribution < -0.4 is 11.3 Å². The van der Waals surface area contributed by atoms with Crippen LogP contribution in [0.2, 0.25) is 0 Å². The minimum atomic E-state index is -0.537. The molecule has 1 atom stereocenters. The lowest BCUT2D eigenvalue weighted by molar-refractivity contribution is -0.120. The van der Waals surface area contributed by atoms with Crippen LogP contribution in [0.15, 0.2) is 0 Å². The molecule has 0 aromatic heterocycles. The average Bonchev–Trinajstić information content (AvgIpc) is 1.65. The Bertz CT molecular complexity index is 73.3. The molecule has 3 nitrogen and oxygen atoms in total. The fraction of sp³-hybridized carbons (Fsp3) is 0.667. The predicted octanol–water partition coefficient (Wildman–Crippen LogP) is -0.396. The van der Waals surface area contributed by atoms with E-state index in [2.05, 4.69) is 5.84 Å². The summed E-state index contributed by atoms with van der Waals surface area (Å²) in [4.78, 5) is 10.1. The molecule has 0 bridgehead atoms. The molecule has 1 amide bonds. The summed E-state index contributed by atoms with van der Waals surface area (Å²) >= 11 is 5.24. The van der Waals surface area contributed by atoms with Crippen molar-refractivity contribution < 1.29 is 4.79 Å². The van der Waals surface area contributed by atoms with Gasteiger partial charge in [-0.25, -0.2) is 5.84 Å². The molecule has 0 aliphatic carbocycles. The summed E-state index contributed by atoms with van der Waals surface area (Å²) in [6.45, 7) is 1.55. The maximum absolute atomic E-state index is 10.1. The van der Waals surface area contributed by atoms with E-state index in [0.29, 0.717) is 0 Å². The van der Waals surface area contributed by atoms with Gasteiger partial charge in [0.25, 0.3) is 5.91 Å². The highest BCUT2D eigenvalue weighted by molar-refractivity contribution is 6.30. The maximum atomic E-state index is 10.1. The highest BCUT2D eigenvalue weighted by Gasteiger charge is 2.03. The molecule has 0 saturated carbocycles. The van der Waals surface area contributed by atoms with E-state index in [9.17, 15) is 4.79 Å². The van der Waals surface area contributed by atoms with Crippen LogP contribution in [0.3, 0.4) is 0 Å². The number of hydrazine groups is 1.